The van der Waals surface area contributed by atoms with E-state index < -0.39 is 10.0 Å². The van der Waals surface area contributed by atoms with Gasteiger partial charge in [0, 0.05) is 54.4 Å². The zero-order valence-electron chi connectivity index (χ0n) is 20.1. The van der Waals surface area contributed by atoms with Crippen molar-refractivity contribution in [2.45, 2.75) is 31.5 Å². The zero-order chi connectivity index (χ0) is 25.1. The van der Waals surface area contributed by atoms with Crippen LogP contribution in [0.3, 0.4) is 0 Å². The van der Waals surface area contributed by atoms with E-state index in [4.69, 9.17) is 0 Å². The summed E-state index contributed by atoms with van der Waals surface area (Å²) >= 11 is 2.87. The van der Waals surface area contributed by atoms with E-state index >= 15 is 0 Å². The number of rotatable bonds is 10. The Kier molecular flexibility index (Phi) is 8.43. The summed E-state index contributed by atoms with van der Waals surface area (Å²) in [4.78, 5) is 15.9. The van der Waals surface area contributed by atoms with Gasteiger partial charge in [-0.15, -0.1) is 22.7 Å². The molecular weight excluding hydrogens is 523 g/mol. The Labute approximate surface area is 226 Å². The molecule has 0 unspecified atom stereocenters. The van der Waals surface area contributed by atoms with Crippen LogP contribution in [0.2, 0.25) is 0 Å². The third kappa shape index (κ3) is 5.77. The van der Waals surface area contributed by atoms with Crippen molar-refractivity contribution < 1.29 is 8.42 Å². The minimum Gasteiger partial charge on any atom is -0.351 e. The minimum absolute atomic E-state index is 0. The molecule has 0 saturated carbocycles. The van der Waals surface area contributed by atoms with Crippen molar-refractivity contribution in [1.29, 1.82) is 0 Å². The van der Waals surface area contributed by atoms with Gasteiger partial charge in [-0.3, -0.25) is 9.29 Å². The number of hydrogen-bond donors (Lipinski definition) is 1. The van der Waals surface area contributed by atoms with Gasteiger partial charge in [-0.1, -0.05) is 31.7 Å². The highest BCUT2D eigenvalue weighted by molar-refractivity contribution is 7.94. The van der Waals surface area contributed by atoms with Crippen LogP contribution < -0.4 is 4.31 Å². The van der Waals surface area contributed by atoms with Crippen LogP contribution in [-0.4, -0.2) is 48.4 Å². The standard InChI is InChI=1S/C26H27N5O2S3.CH4/c1-3-31(36(32,33)24-11-7-15-34-24)23-10-6-8-19-16-22(29-25(19)23)26-28-17-21(35-26)18-30(2)14-12-20-9-4-5-13-27-20;/h4-11,13,15-17,29H,3,12,14,18H2,1-2H3;1H4. The average molecular weight is 554 g/mol. The van der Waals surface area contributed by atoms with E-state index in [0.717, 1.165) is 46.8 Å². The molecule has 0 aliphatic carbocycles. The summed E-state index contributed by atoms with van der Waals surface area (Å²) in [5.41, 5.74) is 3.40. The maximum absolute atomic E-state index is 13.3. The van der Waals surface area contributed by atoms with Crippen molar-refractivity contribution in [2.75, 3.05) is 24.4 Å². The van der Waals surface area contributed by atoms with Crippen molar-refractivity contribution in [1.82, 2.24) is 19.9 Å². The maximum atomic E-state index is 13.3. The molecule has 4 aromatic heterocycles. The Hall–Kier alpha value is -3.05. The number of thiophene rings is 1. The number of sulfonamides is 1. The summed E-state index contributed by atoms with van der Waals surface area (Å²) in [6.07, 6.45) is 4.65. The fraction of sp³-hybridized carbons (Fsp3) is 0.259. The Balaban J connectivity index is 0.00000320. The van der Waals surface area contributed by atoms with Crippen molar-refractivity contribution in [3.05, 3.63) is 82.9 Å². The first-order chi connectivity index (χ1) is 17.5. The third-order valence-corrected chi connectivity index (χ3v) is 10.2. The highest BCUT2D eigenvalue weighted by Crippen LogP contribution is 2.35. The van der Waals surface area contributed by atoms with Gasteiger partial charge in [-0.2, -0.15) is 0 Å². The number of H-pyrrole nitrogens is 1. The van der Waals surface area contributed by atoms with Crippen molar-refractivity contribution in [3.63, 3.8) is 0 Å². The first-order valence-corrected chi connectivity index (χ1v) is 14.8. The van der Waals surface area contributed by atoms with Gasteiger partial charge in [0.25, 0.3) is 10.0 Å². The van der Waals surface area contributed by atoms with E-state index in [9.17, 15) is 8.42 Å². The van der Waals surface area contributed by atoms with Crippen LogP contribution in [0, 0.1) is 0 Å². The molecule has 1 aromatic carbocycles. The number of fused-ring (bicyclic) bond motifs is 1. The van der Waals surface area contributed by atoms with Gasteiger partial charge in [0.2, 0.25) is 0 Å². The van der Waals surface area contributed by atoms with Gasteiger partial charge in [-0.05, 0) is 49.7 Å². The van der Waals surface area contributed by atoms with E-state index in [1.165, 1.54) is 20.5 Å². The number of thiazole rings is 1. The van der Waals surface area contributed by atoms with Crippen molar-refractivity contribution in [3.8, 4) is 10.7 Å². The van der Waals surface area contributed by atoms with Gasteiger partial charge in [0.15, 0.2) is 0 Å². The Morgan fingerprint density at radius 2 is 1.92 bits per heavy atom. The summed E-state index contributed by atoms with van der Waals surface area (Å²) in [5.74, 6) is 0. The lowest BCUT2D eigenvalue weighted by molar-refractivity contribution is 0.332. The molecular formula is C27H31N5O2S3. The quantitative estimate of drug-likeness (QED) is 0.220. The second kappa shape index (κ2) is 11.6. The predicted molar refractivity (Wildman–Crippen MR) is 155 cm³/mol. The zero-order valence-corrected chi connectivity index (χ0v) is 22.5. The summed E-state index contributed by atoms with van der Waals surface area (Å²) in [6.45, 7) is 3.90. The smallest absolute Gasteiger partial charge is 0.273 e. The molecule has 10 heteroatoms. The van der Waals surface area contributed by atoms with Gasteiger partial charge < -0.3 is 9.88 Å². The molecule has 0 aliphatic rings. The highest BCUT2D eigenvalue weighted by Gasteiger charge is 2.26. The Morgan fingerprint density at radius 3 is 2.65 bits per heavy atom. The molecule has 4 heterocycles. The molecule has 0 bridgehead atoms. The summed E-state index contributed by atoms with van der Waals surface area (Å²) < 4.78 is 28.4. The Bertz CT molecular complexity index is 1540. The van der Waals surface area contributed by atoms with E-state index in [2.05, 4.69) is 26.9 Å². The number of nitrogens with one attached hydrogen (secondary N) is 1. The molecule has 0 aliphatic heterocycles. The van der Waals surface area contributed by atoms with Crippen LogP contribution in [0.4, 0.5) is 5.69 Å². The van der Waals surface area contributed by atoms with Gasteiger partial charge in [-0.25, -0.2) is 13.4 Å². The van der Waals surface area contributed by atoms with Crippen LogP contribution >= 0.6 is 22.7 Å². The summed E-state index contributed by atoms with van der Waals surface area (Å²) in [7, 11) is -1.53. The number of para-hydroxylation sites is 1. The van der Waals surface area contributed by atoms with Gasteiger partial charge >= 0.3 is 0 Å². The number of anilines is 1. The van der Waals surface area contributed by atoms with Crippen molar-refractivity contribution >= 4 is 49.3 Å². The number of hydrogen-bond acceptors (Lipinski definition) is 7. The van der Waals surface area contributed by atoms with E-state index in [1.54, 1.807) is 28.8 Å². The molecule has 194 valence electrons. The SMILES string of the molecule is C.CCN(c1cccc2cc(-c3ncc(CN(C)CCc4ccccn4)s3)[nH]c12)S(=O)(=O)c1cccs1. The molecule has 37 heavy (non-hydrogen) atoms. The van der Waals surface area contributed by atoms with Crippen LogP contribution in [0.1, 0.15) is 24.9 Å². The lowest BCUT2D eigenvalue weighted by Crippen LogP contribution is -2.30. The number of benzene rings is 1. The first-order valence-electron chi connectivity index (χ1n) is 11.7. The topological polar surface area (TPSA) is 82.2 Å². The number of aromatic nitrogens is 3. The van der Waals surface area contributed by atoms with Crippen molar-refractivity contribution in [2.24, 2.45) is 0 Å². The Morgan fingerprint density at radius 1 is 1.05 bits per heavy atom. The summed E-state index contributed by atoms with van der Waals surface area (Å²) in [5, 5.41) is 3.62. The lowest BCUT2D eigenvalue weighted by atomic mass is 10.2. The predicted octanol–water partition coefficient (Wildman–Crippen LogP) is 6.27. The van der Waals surface area contributed by atoms with Crippen LogP contribution in [-0.2, 0) is 23.0 Å². The molecule has 0 fully saturated rings. The summed E-state index contributed by atoms with van der Waals surface area (Å²) in [6, 6.07) is 17.2. The fourth-order valence-corrected chi connectivity index (χ4v) is 7.71. The van der Waals surface area contributed by atoms with E-state index in [-0.39, 0.29) is 7.43 Å². The number of aromatic amines is 1. The van der Waals surface area contributed by atoms with Crippen LogP contribution in [0.15, 0.2) is 76.6 Å². The minimum atomic E-state index is -3.63. The molecule has 5 aromatic rings. The number of likely N-dealkylation sites (N-methyl/N-ethyl adjacent to an activating group) is 1. The second-order valence-electron chi connectivity index (χ2n) is 8.47. The molecule has 0 radical (unpaired) electrons. The second-order valence-corrected chi connectivity index (χ2v) is 12.6. The van der Waals surface area contributed by atoms with E-state index in [1.807, 2.05) is 61.8 Å². The molecule has 7 nitrogen and oxygen atoms in total. The van der Waals surface area contributed by atoms with Gasteiger partial charge in [0.1, 0.15) is 9.22 Å². The molecule has 0 atom stereocenters. The van der Waals surface area contributed by atoms with E-state index in [0.29, 0.717) is 16.4 Å². The molecule has 1 N–H and O–H groups in total. The highest BCUT2D eigenvalue weighted by atomic mass is 32.2. The maximum Gasteiger partial charge on any atom is 0.273 e. The largest absolute Gasteiger partial charge is 0.351 e. The molecule has 0 saturated heterocycles. The van der Waals surface area contributed by atoms with Crippen LogP contribution in [0.25, 0.3) is 21.6 Å². The fourth-order valence-electron chi connectivity index (χ4n) is 4.15. The molecule has 0 spiro atoms. The number of nitrogens with zero attached hydrogens (tertiary/aromatic N) is 4. The average Bonchev–Trinajstić information content (AvgIpc) is 3.65. The normalized spacial score (nSPS) is 11.6. The van der Waals surface area contributed by atoms with Gasteiger partial charge in [0.05, 0.1) is 16.9 Å². The third-order valence-electron chi connectivity index (χ3n) is 5.92. The van der Waals surface area contributed by atoms with Crippen LogP contribution in [0.5, 0.6) is 0 Å². The number of pyridine rings is 1. The molecule has 5 rings (SSSR count). The lowest BCUT2D eigenvalue weighted by Gasteiger charge is -2.22. The first kappa shape index (κ1) is 27.0. The monoisotopic (exact) mass is 553 g/mol. The molecule has 0 amide bonds.